The van der Waals surface area contributed by atoms with E-state index in [0.29, 0.717) is 5.56 Å². The van der Waals surface area contributed by atoms with E-state index in [2.05, 4.69) is 85.1 Å². The third-order valence-electron chi connectivity index (χ3n) is 9.82. The van der Waals surface area contributed by atoms with Crippen LogP contribution in [0.5, 0.6) is 0 Å². The number of benzene rings is 4. The first-order valence-electron chi connectivity index (χ1n) is 15.3. The predicted molar refractivity (Wildman–Crippen MR) is 175 cm³/mol. The first kappa shape index (κ1) is 25.6. The second kappa shape index (κ2) is 10.3. The number of nitrogens with zero attached hydrogens (tertiary/aromatic N) is 2. The van der Waals surface area contributed by atoms with Crippen molar-refractivity contribution in [1.29, 1.82) is 5.26 Å². The van der Waals surface area contributed by atoms with Crippen molar-refractivity contribution in [2.45, 2.75) is 47.9 Å². The molecular formula is C38H32GeN2O. The Hall–Kier alpha value is -4.14. The molecule has 0 saturated carbocycles. The molecule has 4 aromatic carbocycles. The molecule has 8 rings (SSSR count). The molecule has 2 aromatic heterocycles. The molecule has 0 unspecified atom stereocenters. The molecule has 1 saturated heterocycles. The first-order chi connectivity index (χ1) is 20.7. The topological polar surface area (TPSA) is 49.8 Å². The molecule has 3 nitrogen and oxygen atoms in total. The van der Waals surface area contributed by atoms with Crippen molar-refractivity contribution in [1.82, 2.24) is 4.98 Å². The molecule has 204 valence electrons. The third-order valence-corrected chi connectivity index (χ3v) is 21.4. The van der Waals surface area contributed by atoms with Crippen LogP contribution in [0.4, 0.5) is 0 Å². The van der Waals surface area contributed by atoms with E-state index in [1.54, 1.807) is 9.96 Å². The van der Waals surface area contributed by atoms with Crippen LogP contribution >= 0.6 is 0 Å². The molecule has 4 heterocycles. The molecule has 2 aliphatic rings. The average Bonchev–Trinajstić information content (AvgIpc) is 3.44. The van der Waals surface area contributed by atoms with E-state index in [9.17, 15) is 5.26 Å². The van der Waals surface area contributed by atoms with Gasteiger partial charge in [0.2, 0.25) is 0 Å². The van der Waals surface area contributed by atoms with Gasteiger partial charge >= 0.3 is 209 Å². The van der Waals surface area contributed by atoms with Crippen molar-refractivity contribution in [2.24, 2.45) is 0 Å². The van der Waals surface area contributed by atoms with Gasteiger partial charge in [0.15, 0.2) is 0 Å². The van der Waals surface area contributed by atoms with E-state index < -0.39 is 13.3 Å². The van der Waals surface area contributed by atoms with E-state index >= 15 is 0 Å². The number of hydrogen-bond acceptors (Lipinski definition) is 3. The van der Waals surface area contributed by atoms with Crippen LogP contribution in [0.3, 0.4) is 0 Å². The van der Waals surface area contributed by atoms with Gasteiger partial charge in [0.1, 0.15) is 0 Å². The van der Waals surface area contributed by atoms with Crippen LogP contribution in [-0.2, 0) is 6.42 Å². The maximum atomic E-state index is 10.1. The Morgan fingerprint density at radius 2 is 1.43 bits per heavy atom. The van der Waals surface area contributed by atoms with Gasteiger partial charge in [0.05, 0.1) is 0 Å². The Balaban J connectivity index is 1.26. The standard InChI is InChI=1S/C38H32GeN2O/c40-24-30-18-19-32-31-12-7-13-33(35-23-29-11-8-22-39(34(29)25-41-35)20-5-2-6-21-39)37(31)42-38(32)36(30)28-16-14-27(15-17-28)26-9-3-1-4-10-26/h1,3-4,7,9-10,12-19,23,25H,2,5-6,8,11,20-22H2. The molecule has 0 radical (unpaired) electrons. The number of nitriles is 1. The van der Waals surface area contributed by atoms with Gasteiger partial charge in [-0.2, -0.15) is 0 Å². The Morgan fingerprint density at radius 3 is 2.24 bits per heavy atom. The summed E-state index contributed by atoms with van der Waals surface area (Å²) in [6.07, 6.45) is 9.03. The fourth-order valence-electron chi connectivity index (χ4n) is 7.73. The molecule has 2 aliphatic heterocycles. The zero-order chi connectivity index (χ0) is 28.1. The second-order valence-corrected chi connectivity index (χ2v) is 21.8. The summed E-state index contributed by atoms with van der Waals surface area (Å²) in [6.45, 7) is 0. The van der Waals surface area contributed by atoms with Crippen LogP contribution in [-0.4, -0.2) is 18.3 Å². The van der Waals surface area contributed by atoms with E-state index in [4.69, 9.17) is 9.40 Å². The number of aromatic nitrogens is 1. The average molecular weight is 605 g/mol. The Bertz CT molecular complexity index is 1990. The van der Waals surface area contributed by atoms with Crippen LogP contribution in [0.2, 0.25) is 15.8 Å². The fourth-order valence-corrected chi connectivity index (χ4v) is 19.2. The molecule has 6 aromatic rings. The van der Waals surface area contributed by atoms with Crippen molar-refractivity contribution in [3.8, 4) is 39.6 Å². The minimum absolute atomic E-state index is 0.618. The Labute approximate surface area is 249 Å². The van der Waals surface area contributed by atoms with E-state index in [-0.39, 0.29) is 0 Å². The summed E-state index contributed by atoms with van der Waals surface area (Å²) in [5.74, 6) is 0. The molecule has 1 spiro atoms. The second-order valence-electron chi connectivity index (χ2n) is 12.1. The van der Waals surface area contributed by atoms with Crippen LogP contribution < -0.4 is 4.40 Å². The van der Waals surface area contributed by atoms with Crippen molar-refractivity contribution >= 4 is 39.6 Å². The zero-order valence-electron chi connectivity index (χ0n) is 23.7. The normalized spacial score (nSPS) is 16.0. The van der Waals surface area contributed by atoms with Crippen molar-refractivity contribution in [3.05, 3.63) is 108 Å². The summed E-state index contributed by atoms with van der Waals surface area (Å²) < 4.78 is 8.44. The van der Waals surface area contributed by atoms with Gasteiger partial charge in [-0.25, -0.2) is 0 Å². The summed E-state index contributed by atoms with van der Waals surface area (Å²) in [6, 6.07) is 34.0. The summed E-state index contributed by atoms with van der Waals surface area (Å²) >= 11 is -2.00. The minimum atomic E-state index is -2.00. The van der Waals surface area contributed by atoms with Crippen LogP contribution in [0.1, 0.15) is 36.8 Å². The van der Waals surface area contributed by atoms with E-state index in [0.717, 1.165) is 49.9 Å². The number of hydrogen-bond donors (Lipinski definition) is 0. The van der Waals surface area contributed by atoms with Gasteiger partial charge in [0.25, 0.3) is 0 Å². The third kappa shape index (κ3) is 4.12. The molecule has 42 heavy (non-hydrogen) atoms. The number of para-hydroxylation sites is 1. The van der Waals surface area contributed by atoms with Gasteiger partial charge in [-0.05, 0) is 11.1 Å². The van der Waals surface area contributed by atoms with Crippen molar-refractivity contribution in [3.63, 3.8) is 0 Å². The molecule has 0 N–H and O–H groups in total. The quantitative estimate of drug-likeness (QED) is 0.189. The number of rotatable bonds is 3. The molecule has 0 amide bonds. The van der Waals surface area contributed by atoms with Crippen molar-refractivity contribution < 1.29 is 4.42 Å². The van der Waals surface area contributed by atoms with E-state index in [1.807, 2.05) is 18.2 Å². The van der Waals surface area contributed by atoms with Gasteiger partial charge in [-0.3, -0.25) is 0 Å². The molecule has 0 bridgehead atoms. The zero-order valence-corrected chi connectivity index (χ0v) is 25.8. The number of fused-ring (bicyclic) bond motifs is 5. The number of pyridine rings is 1. The van der Waals surface area contributed by atoms with Crippen LogP contribution in [0, 0.1) is 11.3 Å². The van der Waals surface area contributed by atoms with Gasteiger partial charge < -0.3 is 0 Å². The van der Waals surface area contributed by atoms with Crippen molar-refractivity contribution in [2.75, 3.05) is 0 Å². The van der Waals surface area contributed by atoms with Gasteiger partial charge in [0, 0.05) is 0 Å². The SMILES string of the molecule is N#Cc1ccc2c(oc3c(-c4cc5[c](cn4)[Ge]4([CH2]CCC[CH2]4)[CH2]CC5)cccc32)c1-c1ccc(-c2ccccc2)cc1. The first-order valence-corrected chi connectivity index (χ1v) is 20.8. The fraction of sp³-hybridized carbons (Fsp3) is 0.211. The molecule has 1 fully saturated rings. The summed E-state index contributed by atoms with van der Waals surface area (Å²) in [4.78, 5) is 5.12. The monoisotopic (exact) mass is 606 g/mol. The molecular weight excluding hydrogens is 573 g/mol. The number of furan rings is 1. The molecule has 0 aliphatic carbocycles. The molecule has 0 atom stereocenters. The van der Waals surface area contributed by atoms with E-state index in [1.165, 1.54) is 53.4 Å². The Morgan fingerprint density at radius 1 is 0.690 bits per heavy atom. The van der Waals surface area contributed by atoms with Gasteiger partial charge in [-0.15, -0.1) is 0 Å². The summed E-state index contributed by atoms with van der Waals surface area (Å²) in [5.41, 5.74) is 9.96. The van der Waals surface area contributed by atoms with Crippen LogP contribution in [0.25, 0.3) is 55.4 Å². The summed E-state index contributed by atoms with van der Waals surface area (Å²) in [5, 5.41) is 16.7. The van der Waals surface area contributed by atoms with Crippen LogP contribution in [0.15, 0.2) is 102 Å². The Kier molecular flexibility index (Phi) is 6.27. The summed E-state index contributed by atoms with van der Waals surface area (Å²) in [7, 11) is 0. The number of aryl methyl sites for hydroxylation is 1. The predicted octanol–water partition coefficient (Wildman–Crippen LogP) is 9.64. The maximum absolute atomic E-state index is 10.1. The molecule has 4 heteroatoms. The van der Waals surface area contributed by atoms with Gasteiger partial charge in [-0.1, -0.05) is 30.3 Å².